The molecule has 2 rings (SSSR count). The van der Waals surface area contributed by atoms with Gasteiger partial charge in [0, 0.05) is 5.69 Å². The Labute approximate surface area is 127 Å². The number of nitrogens with zero attached hydrogens (tertiary/aromatic N) is 4. The second kappa shape index (κ2) is 6.79. The minimum atomic E-state index is -0.334. The van der Waals surface area contributed by atoms with Crippen molar-refractivity contribution in [3.63, 3.8) is 0 Å². The summed E-state index contributed by atoms with van der Waals surface area (Å²) in [7, 11) is 0. The van der Waals surface area contributed by atoms with Gasteiger partial charge < -0.3 is 10.6 Å². The second-order valence-corrected chi connectivity index (χ2v) is 5.11. The normalized spacial score (nSPS) is 10.3. The molecule has 0 atom stereocenters. The zero-order valence-corrected chi connectivity index (χ0v) is 12.8. The highest BCUT2D eigenvalue weighted by atomic mass is 16.2. The van der Waals surface area contributed by atoms with Crippen molar-refractivity contribution in [3.8, 4) is 0 Å². The van der Waals surface area contributed by atoms with Crippen molar-refractivity contribution in [2.45, 2.75) is 27.3 Å². The van der Waals surface area contributed by atoms with E-state index in [4.69, 9.17) is 0 Å². The van der Waals surface area contributed by atoms with E-state index in [2.05, 4.69) is 26.2 Å². The summed E-state index contributed by atoms with van der Waals surface area (Å²) in [6, 6.07) is 4.00. The number of aromatic nitrogens is 4. The van der Waals surface area contributed by atoms with Crippen LogP contribution in [0.25, 0.3) is 0 Å². The van der Waals surface area contributed by atoms with Crippen molar-refractivity contribution in [2.75, 3.05) is 11.9 Å². The van der Waals surface area contributed by atoms with Gasteiger partial charge in [0.15, 0.2) is 0 Å². The predicted octanol–water partition coefficient (Wildman–Crippen LogP) is 0.353. The number of hydrogen-bond acceptors (Lipinski definition) is 5. The number of hydrogen-bond donors (Lipinski definition) is 2. The third-order valence-corrected chi connectivity index (χ3v) is 3.08. The molecular formula is C14H18N6O2. The molecule has 0 radical (unpaired) electrons. The molecule has 0 aliphatic rings. The Morgan fingerprint density at radius 1 is 1.14 bits per heavy atom. The molecule has 0 spiro atoms. The standard InChI is InChI=1S/C14H18N6O2/c1-9-4-10(2)14(11(3)5-9)17-12(21)6-15-13(22)7-20-8-16-18-19-20/h4-5,8H,6-7H2,1-3H3,(H,15,22)(H,17,21). The first-order valence-electron chi connectivity index (χ1n) is 6.81. The van der Waals surface area contributed by atoms with E-state index in [0.717, 1.165) is 22.4 Å². The second-order valence-electron chi connectivity index (χ2n) is 5.11. The Balaban J connectivity index is 1.87. The summed E-state index contributed by atoms with van der Waals surface area (Å²) in [5, 5.41) is 15.8. The Morgan fingerprint density at radius 2 is 1.82 bits per heavy atom. The zero-order chi connectivity index (χ0) is 16.1. The molecular weight excluding hydrogens is 284 g/mol. The molecule has 0 fully saturated rings. The maximum absolute atomic E-state index is 11.9. The van der Waals surface area contributed by atoms with Gasteiger partial charge in [0.25, 0.3) is 0 Å². The van der Waals surface area contributed by atoms with Crippen LogP contribution in [0.4, 0.5) is 5.69 Å². The van der Waals surface area contributed by atoms with Gasteiger partial charge in [-0.15, -0.1) is 5.10 Å². The van der Waals surface area contributed by atoms with Crippen LogP contribution in [0.3, 0.4) is 0 Å². The predicted molar refractivity (Wildman–Crippen MR) is 80.1 cm³/mol. The molecule has 0 saturated carbocycles. The number of benzene rings is 1. The average molecular weight is 302 g/mol. The molecule has 2 amide bonds. The molecule has 1 aromatic heterocycles. The molecule has 22 heavy (non-hydrogen) atoms. The number of carbonyl (C=O) groups is 2. The molecule has 116 valence electrons. The number of aryl methyl sites for hydroxylation is 3. The van der Waals surface area contributed by atoms with Crippen LogP contribution in [0.2, 0.25) is 0 Å². The van der Waals surface area contributed by atoms with Gasteiger partial charge in [0.1, 0.15) is 12.9 Å². The van der Waals surface area contributed by atoms with Crippen LogP contribution in [0.15, 0.2) is 18.5 Å². The fraction of sp³-hybridized carbons (Fsp3) is 0.357. The summed E-state index contributed by atoms with van der Waals surface area (Å²) in [4.78, 5) is 23.6. The quantitative estimate of drug-likeness (QED) is 0.830. The van der Waals surface area contributed by atoms with E-state index in [0.29, 0.717) is 0 Å². The van der Waals surface area contributed by atoms with Crippen molar-refractivity contribution in [1.82, 2.24) is 25.5 Å². The molecule has 8 heteroatoms. The molecule has 2 N–H and O–H groups in total. The van der Waals surface area contributed by atoms with Gasteiger partial charge in [-0.1, -0.05) is 17.7 Å². The van der Waals surface area contributed by atoms with Crippen LogP contribution in [0, 0.1) is 20.8 Å². The molecule has 0 bridgehead atoms. The SMILES string of the molecule is Cc1cc(C)c(NC(=O)CNC(=O)Cn2cnnn2)c(C)c1. The Kier molecular flexibility index (Phi) is 4.82. The summed E-state index contributed by atoms with van der Waals surface area (Å²) in [5.74, 6) is -0.611. The van der Waals surface area contributed by atoms with E-state index < -0.39 is 0 Å². The van der Waals surface area contributed by atoms with Gasteiger partial charge in [0.05, 0.1) is 6.54 Å². The van der Waals surface area contributed by atoms with E-state index in [1.54, 1.807) is 0 Å². The molecule has 1 aromatic carbocycles. The van der Waals surface area contributed by atoms with E-state index in [1.807, 2.05) is 32.9 Å². The van der Waals surface area contributed by atoms with Crippen molar-refractivity contribution in [3.05, 3.63) is 35.2 Å². The Bertz CT molecular complexity index is 658. The number of amides is 2. The summed E-state index contributed by atoms with van der Waals surface area (Å²) >= 11 is 0. The lowest BCUT2D eigenvalue weighted by atomic mass is 10.1. The summed E-state index contributed by atoms with van der Waals surface area (Å²) in [6.07, 6.45) is 1.33. The van der Waals surface area contributed by atoms with Gasteiger partial charge >= 0.3 is 0 Å². The first kappa shape index (κ1) is 15.6. The Morgan fingerprint density at radius 3 is 2.41 bits per heavy atom. The van der Waals surface area contributed by atoms with E-state index in [1.165, 1.54) is 11.0 Å². The Hall–Kier alpha value is -2.77. The summed E-state index contributed by atoms with van der Waals surface area (Å²) in [5.41, 5.74) is 3.91. The fourth-order valence-corrected chi connectivity index (χ4v) is 2.20. The van der Waals surface area contributed by atoms with Crippen LogP contribution in [-0.4, -0.2) is 38.6 Å². The summed E-state index contributed by atoms with van der Waals surface area (Å²) < 4.78 is 1.28. The van der Waals surface area contributed by atoms with Gasteiger partial charge in [-0.3, -0.25) is 9.59 Å². The van der Waals surface area contributed by atoms with Crippen LogP contribution in [0.5, 0.6) is 0 Å². The number of carbonyl (C=O) groups excluding carboxylic acids is 2. The monoisotopic (exact) mass is 302 g/mol. The molecule has 0 aliphatic heterocycles. The number of nitrogens with one attached hydrogen (secondary N) is 2. The largest absolute Gasteiger partial charge is 0.345 e. The maximum Gasteiger partial charge on any atom is 0.243 e. The van der Waals surface area contributed by atoms with Crippen molar-refractivity contribution in [2.24, 2.45) is 0 Å². The van der Waals surface area contributed by atoms with Crippen LogP contribution >= 0.6 is 0 Å². The topological polar surface area (TPSA) is 102 Å². The lowest BCUT2D eigenvalue weighted by Crippen LogP contribution is -2.35. The first-order valence-corrected chi connectivity index (χ1v) is 6.81. The lowest BCUT2D eigenvalue weighted by molar-refractivity contribution is -0.124. The van der Waals surface area contributed by atoms with Gasteiger partial charge in [0.2, 0.25) is 11.8 Å². The molecule has 2 aromatic rings. The highest BCUT2D eigenvalue weighted by Crippen LogP contribution is 2.21. The molecule has 0 unspecified atom stereocenters. The van der Waals surface area contributed by atoms with Gasteiger partial charge in [-0.05, 0) is 42.3 Å². The third kappa shape index (κ3) is 4.11. The molecule has 1 heterocycles. The van der Waals surface area contributed by atoms with Crippen LogP contribution < -0.4 is 10.6 Å². The first-order chi connectivity index (χ1) is 10.5. The van der Waals surface area contributed by atoms with Gasteiger partial charge in [-0.2, -0.15) is 0 Å². The average Bonchev–Trinajstić information content (AvgIpc) is 2.93. The minimum absolute atomic E-state index is 0.0249. The lowest BCUT2D eigenvalue weighted by Gasteiger charge is -2.13. The van der Waals surface area contributed by atoms with Crippen LogP contribution in [-0.2, 0) is 16.1 Å². The third-order valence-electron chi connectivity index (χ3n) is 3.08. The van der Waals surface area contributed by atoms with Crippen LogP contribution in [0.1, 0.15) is 16.7 Å². The fourth-order valence-electron chi connectivity index (χ4n) is 2.20. The zero-order valence-electron chi connectivity index (χ0n) is 12.8. The molecule has 8 nitrogen and oxygen atoms in total. The van der Waals surface area contributed by atoms with E-state index in [9.17, 15) is 9.59 Å². The van der Waals surface area contributed by atoms with Crippen molar-refractivity contribution in [1.29, 1.82) is 0 Å². The maximum atomic E-state index is 11.9. The van der Waals surface area contributed by atoms with E-state index in [-0.39, 0.29) is 24.9 Å². The minimum Gasteiger partial charge on any atom is -0.345 e. The highest BCUT2D eigenvalue weighted by molar-refractivity contribution is 5.95. The highest BCUT2D eigenvalue weighted by Gasteiger charge is 2.10. The van der Waals surface area contributed by atoms with Crippen molar-refractivity contribution >= 4 is 17.5 Å². The number of rotatable bonds is 5. The summed E-state index contributed by atoms with van der Waals surface area (Å²) in [6.45, 7) is 5.75. The van der Waals surface area contributed by atoms with Gasteiger partial charge in [-0.25, -0.2) is 4.68 Å². The molecule has 0 saturated heterocycles. The number of tetrazole rings is 1. The smallest absolute Gasteiger partial charge is 0.243 e. The van der Waals surface area contributed by atoms with Crippen molar-refractivity contribution < 1.29 is 9.59 Å². The van der Waals surface area contributed by atoms with E-state index >= 15 is 0 Å². The number of anilines is 1. The molecule has 0 aliphatic carbocycles.